The Hall–Kier alpha value is -2.74. The fourth-order valence-electron chi connectivity index (χ4n) is 4.83. The van der Waals surface area contributed by atoms with Gasteiger partial charge < -0.3 is 14.9 Å². The number of nitrogens with one attached hydrogen (secondary N) is 1. The third-order valence-corrected chi connectivity index (χ3v) is 8.63. The summed E-state index contributed by atoms with van der Waals surface area (Å²) in [5.74, 6) is -0.989. The molecule has 0 saturated carbocycles. The molecular formula is C27H22Cl2F4N2O5S. The second kappa shape index (κ2) is 10.5. The van der Waals surface area contributed by atoms with Crippen LogP contribution in [0, 0.1) is 12.7 Å². The van der Waals surface area contributed by atoms with Crippen LogP contribution < -0.4 is 5.32 Å². The average Bonchev–Trinajstić information content (AvgIpc) is 3.50. The van der Waals surface area contributed by atoms with E-state index in [0.29, 0.717) is 25.3 Å². The molecule has 1 unspecified atom stereocenters. The van der Waals surface area contributed by atoms with Crippen molar-refractivity contribution in [1.82, 2.24) is 5.32 Å². The summed E-state index contributed by atoms with van der Waals surface area (Å²) in [5, 5.41) is 5.87. The van der Waals surface area contributed by atoms with Gasteiger partial charge in [0.1, 0.15) is 5.60 Å². The van der Waals surface area contributed by atoms with Crippen LogP contribution in [0.1, 0.15) is 34.2 Å². The van der Waals surface area contributed by atoms with Gasteiger partial charge in [-0.25, -0.2) is 4.39 Å². The molecule has 3 aromatic carbocycles. The van der Waals surface area contributed by atoms with Gasteiger partial charge >= 0.3 is 6.18 Å². The highest BCUT2D eigenvalue weighted by Gasteiger charge is 2.62. The summed E-state index contributed by atoms with van der Waals surface area (Å²) < 4.78 is 91.6. The Morgan fingerprint density at radius 2 is 1.66 bits per heavy atom. The lowest BCUT2D eigenvalue weighted by Gasteiger charge is -2.39. The Morgan fingerprint density at radius 3 is 2.20 bits per heavy atom. The molecule has 1 spiro atoms. The van der Waals surface area contributed by atoms with Gasteiger partial charge in [0, 0.05) is 25.1 Å². The first-order valence-corrected chi connectivity index (χ1v) is 14.3. The Kier molecular flexibility index (Phi) is 7.63. The zero-order valence-electron chi connectivity index (χ0n) is 21.2. The Labute approximate surface area is 242 Å². The third kappa shape index (κ3) is 5.44. The molecule has 0 aromatic heterocycles. The van der Waals surface area contributed by atoms with Crippen molar-refractivity contribution >= 4 is 39.0 Å². The number of hydrogen-bond acceptors (Lipinski definition) is 6. The molecule has 7 nitrogen and oxygen atoms in total. The normalized spacial score (nSPS) is 20.9. The molecule has 1 saturated heterocycles. The van der Waals surface area contributed by atoms with E-state index >= 15 is 0 Å². The van der Waals surface area contributed by atoms with Crippen LogP contribution in [0.3, 0.4) is 0 Å². The Balaban J connectivity index is 0.000000259. The van der Waals surface area contributed by atoms with E-state index in [9.17, 15) is 26.0 Å². The highest BCUT2D eigenvalue weighted by atomic mass is 35.5. The Bertz CT molecular complexity index is 1620. The van der Waals surface area contributed by atoms with E-state index in [1.54, 1.807) is 24.3 Å². The van der Waals surface area contributed by atoms with E-state index in [0.717, 1.165) is 28.8 Å². The number of nitrogens with zero attached hydrogens (tertiary/aromatic N) is 1. The molecule has 0 radical (unpaired) electrons. The van der Waals surface area contributed by atoms with Gasteiger partial charge in [0.2, 0.25) is 0 Å². The molecule has 0 bridgehead atoms. The van der Waals surface area contributed by atoms with Gasteiger partial charge in [-0.05, 0) is 53.9 Å². The van der Waals surface area contributed by atoms with Crippen molar-refractivity contribution < 1.29 is 40.1 Å². The molecular weight excluding hydrogens is 611 g/mol. The van der Waals surface area contributed by atoms with Crippen LogP contribution in [-0.4, -0.2) is 37.9 Å². The summed E-state index contributed by atoms with van der Waals surface area (Å²) in [5.41, 5.74) is -0.0345. The fraction of sp³-hybridized carbons (Fsp3) is 0.296. The summed E-state index contributed by atoms with van der Waals surface area (Å²) in [6.07, 6.45) is -5.44. The van der Waals surface area contributed by atoms with Crippen molar-refractivity contribution in [3.8, 4) is 0 Å². The van der Waals surface area contributed by atoms with Crippen LogP contribution in [0.25, 0.3) is 0 Å². The van der Waals surface area contributed by atoms with Gasteiger partial charge in [-0.2, -0.15) is 21.6 Å². The van der Waals surface area contributed by atoms with Gasteiger partial charge in [-0.15, -0.1) is 0 Å². The number of fused-ring (bicyclic) bond motifs is 2. The summed E-state index contributed by atoms with van der Waals surface area (Å²) in [7, 11) is -4.02. The van der Waals surface area contributed by atoms with E-state index in [-0.39, 0.29) is 16.2 Å². The maximum absolute atomic E-state index is 14.1. The topological polar surface area (TPSA) is 97.2 Å². The van der Waals surface area contributed by atoms with E-state index < -0.39 is 49.7 Å². The minimum Gasteiger partial charge on any atom is -0.374 e. The molecule has 14 heteroatoms. The average molecular weight is 633 g/mol. The lowest BCUT2D eigenvalue weighted by Crippen LogP contribution is -2.56. The molecule has 6 rings (SSSR count). The standard InChI is InChI=1S/C20H14Cl2F4N2O2.C7H8O3S/c21-14-4-12(5-15(22)17(14)23)19(20(24,25)26)6-16(28-30-19)10-1-2-13-11(3-10)7-29-18(13)8-27-9-18;1-6-2-4-7(5-3-6)11(8,9)10/h1-5,27H,6-9H2;2-5H,1H3,(H,8,9,10). The first-order valence-electron chi connectivity index (χ1n) is 12.1. The predicted octanol–water partition coefficient (Wildman–Crippen LogP) is 6.29. The third-order valence-electron chi connectivity index (χ3n) is 7.21. The van der Waals surface area contributed by atoms with Crippen molar-refractivity contribution in [3.63, 3.8) is 0 Å². The summed E-state index contributed by atoms with van der Waals surface area (Å²) in [6.45, 7) is 3.62. The smallest absolute Gasteiger partial charge is 0.374 e. The van der Waals surface area contributed by atoms with E-state index in [1.165, 1.54) is 12.1 Å². The maximum atomic E-state index is 14.1. The van der Waals surface area contributed by atoms with Crippen molar-refractivity contribution in [3.05, 3.63) is 98.3 Å². The zero-order chi connectivity index (χ0) is 29.8. The summed E-state index contributed by atoms with van der Waals surface area (Å²) in [4.78, 5) is 4.92. The Morgan fingerprint density at radius 1 is 1.02 bits per heavy atom. The van der Waals surface area contributed by atoms with Crippen molar-refractivity contribution in [2.75, 3.05) is 13.1 Å². The maximum Gasteiger partial charge on any atom is 0.435 e. The van der Waals surface area contributed by atoms with Gasteiger partial charge in [0.15, 0.2) is 5.82 Å². The molecule has 3 heterocycles. The van der Waals surface area contributed by atoms with Crippen LogP contribution in [-0.2, 0) is 37.5 Å². The molecule has 1 atom stereocenters. The quantitative estimate of drug-likeness (QED) is 0.200. The molecule has 2 N–H and O–H groups in total. The van der Waals surface area contributed by atoms with E-state index in [4.69, 9.17) is 37.3 Å². The largest absolute Gasteiger partial charge is 0.435 e. The van der Waals surface area contributed by atoms with Crippen LogP contribution in [0.2, 0.25) is 10.0 Å². The van der Waals surface area contributed by atoms with Crippen molar-refractivity contribution in [1.29, 1.82) is 0 Å². The molecule has 3 aromatic rings. The number of alkyl halides is 3. The second-order valence-electron chi connectivity index (χ2n) is 9.93. The lowest BCUT2D eigenvalue weighted by atomic mass is 9.84. The first kappa shape index (κ1) is 29.7. The van der Waals surface area contributed by atoms with E-state index in [2.05, 4.69) is 10.5 Å². The molecule has 41 heavy (non-hydrogen) atoms. The number of benzene rings is 3. The van der Waals surface area contributed by atoms with Gasteiger partial charge in [0.25, 0.3) is 15.7 Å². The summed E-state index contributed by atoms with van der Waals surface area (Å²) >= 11 is 11.5. The monoisotopic (exact) mass is 632 g/mol. The number of halogens is 6. The molecule has 3 aliphatic rings. The first-order chi connectivity index (χ1) is 19.2. The lowest BCUT2D eigenvalue weighted by molar-refractivity contribution is -0.275. The van der Waals surface area contributed by atoms with E-state index in [1.807, 2.05) is 13.0 Å². The number of rotatable bonds is 3. The number of aryl methyl sites for hydroxylation is 1. The molecule has 1 fully saturated rings. The SMILES string of the molecule is Cc1ccc(S(=O)(=O)O)cc1.Fc1c(Cl)cc(C2(C(F)(F)F)CC(c3ccc4c(c3)COC43CNC3)=NO2)cc1Cl. The number of ether oxygens (including phenoxy) is 1. The number of oxime groups is 1. The molecule has 3 aliphatic heterocycles. The van der Waals surface area contributed by atoms with Crippen LogP contribution >= 0.6 is 23.2 Å². The van der Waals surface area contributed by atoms with Crippen molar-refractivity contribution in [2.24, 2.45) is 5.16 Å². The van der Waals surface area contributed by atoms with Crippen molar-refractivity contribution in [2.45, 2.75) is 42.2 Å². The van der Waals surface area contributed by atoms with Crippen LogP contribution in [0.15, 0.2) is 64.6 Å². The number of hydrogen-bond donors (Lipinski definition) is 2. The minimum atomic E-state index is -4.84. The minimum absolute atomic E-state index is 0.0666. The molecule has 0 aliphatic carbocycles. The zero-order valence-corrected chi connectivity index (χ0v) is 23.6. The summed E-state index contributed by atoms with van der Waals surface area (Å²) in [6, 6.07) is 13.1. The van der Waals surface area contributed by atoms with Gasteiger partial charge in [-0.1, -0.05) is 58.2 Å². The van der Waals surface area contributed by atoms with Gasteiger partial charge in [-0.3, -0.25) is 4.55 Å². The molecule has 0 amide bonds. The van der Waals surface area contributed by atoms with Crippen LogP contribution in [0.4, 0.5) is 17.6 Å². The molecule has 218 valence electrons. The fourth-order valence-corrected chi connectivity index (χ4v) is 5.80. The highest BCUT2D eigenvalue weighted by Crippen LogP contribution is 2.50. The van der Waals surface area contributed by atoms with Crippen LogP contribution in [0.5, 0.6) is 0 Å². The predicted molar refractivity (Wildman–Crippen MR) is 143 cm³/mol. The second-order valence-corrected chi connectivity index (χ2v) is 12.2. The van der Waals surface area contributed by atoms with Gasteiger partial charge in [0.05, 0.1) is 27.3 Å². The highest BCUT2D eigenvalue weighted by molar-refractivity contribution is 7.85.